The zero-order valence-corrected chi connectivity index (χ0v) is 18.6. The number of piperidine rings is 1. The van der Waals surface area contributed by atoms with E-state index in [-0.39, 0.29) is 29.9 Å². The fraction of sp³-hybridized carbons (Fsp3) is 0.474. The Hall–Kier alpha value is -2.10. The molecule has 1 aromatic carbocycles. The van der Waals surface area contributed by atoms with Crippen LogP contribution < -0.4 is 10.2 Å². The van der Waals surface area contributed by atoms with Crippen LogP contribution in [0.2, 0.25) is 5.02 Å². The minimum Gasteiger partial charge on any atom is -0.376 e. The van der Waals surface area contributed by atoms with Crippen LogP contribution in [0.3, 0.4) is 0 Å². The molecule has 8 nitrogen and oxygen atoms in total. The molecule has 0 bridgehead atoms. The number of imidazole rings is 1. The Morgan fingerprint density at radius 2 is 1.93 bits per heavy atom. The largest absolute Gasteiger partial charge is 0.376 e. The number of halogens is 1. The van der Waals surface area contributed by atoms with Crippen molar-refractivity contribution in [3.63, 3.8) is 0 Å². The maximum Gasteiger partial charge on any atom is 0.262 e. The molecule has 0 aliphatic carbocycles. The van der Waals surface area contributed by atoms with Crippen LogP contribution >= 0.6 is 11.6 Å². The lowest BCUT2D eigenvalue weighted by Crippen LogP contribution is -2.41. The first-order valence-corrected chi connectivity index (χ1v) is 11.2. The molecule has 2 aromatic rings. The lowest BCUT2D eigenvalue weighted by Gasteiger charge is -2.30. The molecule has 3 rings (SSSR count). The second kappa shape index (κ2) is 8.33. The number of hydrogen-bond acceptors (Lipinski definition) is 5. The fourth-order valence-corrected chi connectivity index (χ4v) is 5.04. The van der Waals surface area contributed by atoms with Gasteiger partial charge in [-0.3, -0.25) is 4.79 Å². The van der Waals surface area contributed by atoms with Crippen molar-refractivity contribution in [2.45, 2.75) is 24.8 Å². The molecule has 29 heavy (non-hydrogen) atoms. The maximum atomic E-state index is 12.8. The standard InChI is InChI=1S/C19H26ClN5O3S/c1-13-21-18(12-24(13)4)29(27,28)25-9-7-14(8-10-25)19(26)22-16-11-15(20)5-6-17(16)23(2)3/h5-6,11-12,14H,7-10H2,1-4H3,(H,22,26). The van der Waals surface area contributed by atoms with Crippen molar-refractivity contribution in [3.05, 3.63) is 35.2 Å². The van der Waals surface area contributed by atoms with Crippen LogP contribution in [0.25, 0.3) is 0 Å². The summed E-state index contributed by atoms with van der Waals surface area (Å²) in [4.78, 5) is 18.8. The number of carbonyl (C=O) groups excluding carboxylic acids is 1. The van der Waals surface area contributed by atoms with Gasteiger partial charge in [0.2, 0.25) is 5.91 Å². The summed E-state index contributed by atoms with van der Waals surface area (Å²) < 4.78 is 28.7. The van der Waals surface area contributed by atoms with Crippen LogP contribution in [-0.4, -0.2) is 55.4 Å². The summed E-state index contributed by atoms with van der Waals surface area (Å²) in [5.74, 6) is 0.248. The molecular weight excluding hydrogens is 414 g/mol. The number of benzene rings is 1. The quantitative estimate of drug-likeness (QED) is 0.773. The van der Waals surface area contributed by atoms with Gasteiger partial charge in [0, 0.05) is 51.4 Å². The van der Waals surface area contributed by atoms with Gasteiger partial charge in [-0.05, 0) is 38.0 Å². The van der Waals surface area contributed by atoms with Gasteiger partial charge in [-0.1, -0.05) is 11.6 Å². The van der Waals surface area contributed by atoms with Gasteiger partial charge in [0.05, 0.1) is 11.4 Å². The van der Waals surface area contributed by atoms with E-state index in [1.165, 1.54) is 10.5 Å². The topological polar surface area (TPSA) is 87.5 Å². The summed E-state index contributed by atoms with van der Waals surface area (Å²) >= 11 is 6.08. The summed E-state index contributed by atoms with van der Waals surface area (Å²) in [6.07, 6.45) is 2.43. The van der Waals surface area contributed by atoms with E-state index in [0.29, 0.717) is 29.4 Å². The number of rotatable bonds is 5. The van der Waals surface area contributed by atoms with Crippen LogP contribution in [0, 0.1) is 12.8 Å². The second-order valence-electron chi connectivity index (χ2n) is 7.46. The molecule has 0 saturated carbocycles. The van der Waals surface area contributed by atoms with E-state index >= 15 is 0 Å². The highest BCUT2D eigenvalue weighted by Crippen LogP contribution is 2.30. The van der Waals surface area contributed by atoms with E-state index in [9.17, 15) is 13.2 Å². The van der Waals surface area contributed by atoms with Crippen molar-refractivity contribution in [3.8, 4) is 0 Å². The highest BCUT2D eigenvalue weighted by Gasteiger charge is 2.33. The molecule has 0 unspecified atom stereocenters. The molecule has 0 atom stereocenters. The number of amides is 1. The molecule has 1 fully saturated rings. The average Bonchev–Trinajstić information content (AvgIpc) is 3.01. The highest BCUT2D eigenvalue weighted by molar-refractivity contribution is 7.89. The van der Waals surface area contributed by atoms with Crippen molar-refractivity contribution >= 4 is 38.9 Å². The molecular formula is C19H26ClN5O3S. The summed E-state index contributed by atoms with van der Waals surface area (Å²) in [7, 11) is 1.89. The van der Waals surface area contributed by atoms with Crippen LogP contribution in [0.15, 0.2) is 29.4 Å². The Morgan fingerprint density at radius 3 is 2.48 bits per heavy atom. The third-order valence-electron chi connectivity index (χ3n) is 5.21. The molecule has 158 valence electrons. The van der Waals surface area contributed by atoms with E-state index < -0.39 is 10.0 Å². The zero-order chi connectivity index (χ0) is 21.3. The number of nitrogens with one attached hydrogen (secondary N) is 1. The number of carbonyl (C=O) groups is 1. The summed E-state index contributed by atoms with van der Waals surface area (Å²) in [6.45, 7) is 2.33. The van der Waals surface area contributed by atoms with Gasteiger partial charge in [0.1, 0.15) is 5.82 Å². The Balaban J connectivity index is 1.66. The average molecular weight is 440 g/mol. The van der Waals surface area contributed by atoms with Crippen LogP contribution in [-0.2, 0) is 21.9 Å². The van der Waals surface area contributed by atoms with Crippen LogP contribution in [0.4, 0.5) is 11.4 Å². The van der Waals surface area contributed by atoms with E-state index in [4.69, 9.17) is 11.6 Å². The molecule has 1 amide bonds. The normalized spacial score (nSPS) is 16.0. The molecule has 10 heteroatoms. The van der Waals surface area contributed by atoms with E-state index in [1.54, 1.807) is 30.7 Å². The number of nitrogens with zero attached hydrogens (tertiary/aromatic N) is 4. The highest BCUT2D eigenvalue weighted by atomic mass is 35.5. The minimum atomic E-state index is -3.65. The molecule has 1 aliphatic heterocycles. The van der Waals surface area contributed by atoms with Crippen molar-refractivity contribution < 1.29 is 13.2 Å². The van der Waals surface area contributed by atoms with Crippen LogP contribution in [0.1, 0.15) is 18.7 Å². The molecule has 2 heterocycles. The van der Waals surface area contributed by atoms with Gasteiger partial charge in [0.15, 0.2) is 5.03 Å². The predicted molar refractivity (Wildman–Crippen MR) is 114 cm³/mol. The first kappa shape index (κ1) is 21.6. The Labute approximate surface area is 176 Å². The Bertz CT molecular complexity index is 991. The van der Waals surface area contributed by atoms with Gasteiger partial charge in [0.25, 0.3) is 10.0 Å². The zero-order valence-electron chi connectivity index (χ0n) is 17.0. The SMILES string of the molecule is Cc1nc(S(=O)(=O)N2CCC(C(=O)Nc3cc(Cl)ccc3N(C)C)CC2)cn1C. The van der Waals surface area contributed by atoms with E-state index in [1.807, 2.05) is 25.1 Å². The lowest BCUT2D eigenvalue weighted by molar-refractivity contribution is -0.120. The molecule has 1 aromatic heterocycles. The second-order valence-corrected chi connectivity index (χ2v) is 9.78. The van der Waals surface area contributed by atoms with Crippen LogP contribution in [0.5, 0.6) is 0 Å². The monoisotopic (exact) mass is 439 g/mol. The van der Waals surface area contributed by atoms with Crippen molar-refractivity contribution in [1.29, 1.82) is 0 Å². The van der Waals surface area contributed by atoms with Crippen molar-refractivity contribution in [1.82, 2.24) is 13.9 Å². The minimum absolute atomic E-state index is 0.0509. The number of hydrogen-bond donors (Lipinski definition) is 1. The smallest absolute Gasteiger partial charge is 0.262 e. The summed E-state index contributed by atoms with van der Waals surface area (Å²) in [5.41, 5.74) is 1.50. The maximum absolute atomic E-state index is 12.8. The number of sulfonamides is 1. The third kappa shape index (κ3) is 4.57. The van der Waals surface area contributed by atoms with Gasteiger partial charge < -0.3 is 14.8 Å². The molecule has 1 N–H and O–H groups in total. The summed E-state index contributed by atoms with van der Waals surface area (Å²) in [5, 5.41) is 3.54. The Morgan fingerprint density at radius 1 is 1.28 bits per heavy atom. The van der Waals surface area contributed by atoms with Gasteiger partial charge in [-0.2, -0.15) is 4.31 Å². The third-order valence-corrected chi connectivity index (χ3v) is 7.22. The van der Waals surface area contributed by atoms with Crippen molar-refractivity contribution in [2.24, 2.45) is 13.0 Å². The van der Waals surface area contributed by atoms with Crippen molar-refractivity contribution in [2.75, 3.05) is 37.4 Å². The lowest BCUT2D eigenvalue weighted by atomic mass is 9.97. The Kier molecular flexibility index (Phi) is 6.21. The van der Waals surface area contributed by atoms with Gasteiger partial charge in [-0.15, -0.1) is 0 Å². The molecule has 0 spiro atoms. The molecule has 0 radical (unpaired) electrons. The molecule has 1 aliphatic rings. The van der Waals surface area contributed by atoms with E-state index in [0.717, 1.165) is 5.69 Å². The number of anilines is 2. The predicted octanol–water partition coefficient (Wildman–Crippen LogP) is 2.49. The summed E-state index contributed by atoms with van der Waals surface area (Å²) in [6, 6.07) is 5.34. The van der Waals surface area contributed by atoms with E-state index in [2.05, 4.69) is 10.3 Å². The number of aryl methyl sites for hydroxylation is 2. The first-order valence-electron chi connectivity index (χ1n) is 9.37. The first-order chi connectivity index (χ1) is 13.6. The fourth-order valence-electron chi connectivity index (χ4n) is 3.37. The van der Waals surface area contributed by atoms with Gasteiger partial charge >= 0.3 is 0 Å². The molecule has 1 saturated heterocycles. The number of aromatic nitrogens is 2. The van der Waals surface area contributed by atoms with Gasteiger partial charge in [-0.25, -0.2) is 13.4 Å².